The number of nitrogens with one attached hydrogen (secondary N) is 4. The molecule has 9 nitrogen and oxygen atoms in total. The van der Waals surface area contributed by atoms with Crippen LogP contribution in [0.25, 0.3) is 0 Å². The Hall–Kier alpha value is -7.84. The number of hydrogen-bond donors (Lipinski definition) is 5. The predicted molar refractivity (Wildman–Crippen MR) is 271 cm³/mol. The Kier molecular flexibility index (Phi) is 23.2. The molecule has 0 bridgehead atoms. The quantitative estimate of drug-likeness (QED) is 0.0487. The maximum atomic E-state index is 14.8. The number of carbonyl (C=O) groups is 2. The van der Waals surface area contributed by atoms with Gasteiger partial charge in [0, 0.05) is 44.1 Å². The van der Waals surface area contributed by atoms with E-state index >= 15 is 0 Å². The maximum absolute atomic E-state index is 14.8. The number of halogens is 18. The molecule has 0 unspecified atom stereocenters. The molecule has 2 atom stereocenters. The number of amides is 4. The second-order valence-corrected chi connectivity index (χ2v) is 18.9. The van der Waals surface area contributed by atoms with Crippen molar-refractivity contribution in [2.45, 2.75) is 106 Å². The van der Waals surface area contributed by atoms with E-state index in [2.05, 4.69) is 31.2 Å². The fourth-order valence-corrected chi connectivity index (χ4v) is 8.74. The summed E-state index contributed by atoms with van der Waals surface area (Å²) < 4.78 is 242. The average molecular weight is 1210 g/mol. The van der Waals surface area contributed by atoms with Crippen LogP contribution in [0.5, 0.6) is 11.5 Å². The van der Waals surface area contributed by atoms with Gasteiger partial charge in [-0.25, -0.2) is 27.2 Å². The van der Waals surface area contributed by atoms with Crippen LogP contribution in [-0.4, -0.2) is 68.6 Å². The lowest BCUT2D eigenvalue weighted by atomic mass is 9.77. The molecule has 0 aromatic heterocycles. The fourth-order valence-electron chi connectivity index (χ4n) is 8.74. The smallest absolute Gasteiger partial charge is 0.428 e. The van der Waals surface area contributed by atoms with Crippen molar-refractivity contribution in [1.29, 1.82) is 0 Å². The van der Waals surface area contributed by atoms with Gasteiger partial charge in [0.05, 0.1) is 23.9 Å². The molecule has 0 radical (unpaired) electrons. The third kappa shape index (κ3) is 20.2. The molecule has 1 aliphatic carbocycles. The van der Waals surface area contributed by atoms with E-state index in [1.54, 1.807) is 60.7 Å². The van der Waals surface area contributed by atoms with Gasteiger partial charge in [0.15, 0.2) is 0 Å². The zero-order valence-corrected chi connectivity index (χ0v) is 43.7. The summed E-state index contributed by atoms with van der Waals surface area (Å²) in [6.07, 6.45) is -26.0. The van der Waals surface area contributed by atoms with Crippen LogP contribution in [0.1, 0.15) is 71.9 Å². The Bertz CT molecular complexity index is 3030. The molecule has 456 valence electrons. The molecule has 27 heteroatoms. The average Bonchev–Trinajstić information content (AvgIpc) is 1.22. The highest BCUT2D eigenvalue weighted by Crippen LogP contribution is 2.40. The van der Waals surface area contributed by atoms with Crippen molar-refractivity contribution in [3.8, 4) is 11.5 Å². The standard InChI is InChI=1S/C28H26F6N2O2.C26H21F9N2O2.C3H6F3N/c29-21-12-10-19(11-13-21)27(17-18-6-2-1-3-7-18,36-26(37)35-23-8-4-5-9-23)20-14-22(30)16-24(15-20)38-28(33,34)25(31)32;27-19-8-6-17(7-9-19)24(15-16-4-2-1-3-5-16,37-23(38)36-11-10-25(31,32)33)18-12-20(28)14-21(13-18)39-26(34,35)22(29)30;4-3(5,6)1-2-7/h1-3,6-7,10-16,23,25H,4-5,8-9,17H2,(H2,35,36,37);1-9,12-14,22H,10-11,15H2,(H2,36,37,38);1-2,7H2/t27-;24-;/m11./s1. The lowest BCUT2D eigenvalue weighted by Gasteiger charge is -2.37. The maximum Gasteiger partial charge on any atom is 0.461 e. The largest absolute Gasteiger partial charge is 0.461 e. The minimum atomic E-state index is -4.99. The van der Waals surface area contributed by atoms with Crippen molar-refractivity contribution in [1.82, 2.24) is 21.3 Å². The molecule has 1 aliphatic rings. The number of carbonyl (C=O) groups excluding carboxylic acids is 2. The van der Waals surface area contributed by atoms with E-state index < -0.39 is 115 Å². The lowest BCUT2D eigenvalue weighted by Crippen LogP contribution is -2.53. The number of hydrogen-bond acceptors (Lipinski definition) is 5. The third-order valence-corrected chi connectivity index (χ3v) is 12.5. The van der Waals surface area contributed by atoms with Gasteiger partial charge in [-0.2, -0.15) is 61.5 Å². The monoisotopic (exact) mass is 1210 g/mol. The van der Waals surface area contributed by atoms with E-state index in [-0.39, 0.29) is 42.1 Å². The van der Waals surface area contributed by atoms with Gasteiger partial charge >= 0.3 is 49.5 Å². The first kappa shape index (κ1) is 67.0. The van der Waals surface area contributed by atoms with Gasteiger partial charge in [-0.3, -0.25) is 0 Å². The summed E-state index contributed by atoms with van der Waals surface area (Å²) in [5.74, 6) is -5.43. The van der Waals surface area contributed by atoms with Crippen LogP contribution in [-0.2, 0) is 23.9 Å². The van der Waals surface area contributed by atoms with Crippen molar-refractivity contribution >= 4 is 12.1 Å². The highest BCUT2D eigenvalue weighted by Gasteiger charge is 2.47. The summed E-state index contributed by atoms with van der Waals surface area (Å²) >= 11 is 0. The van der Waals surface area contributed by atoms with Crippen molar-refractivity contribution in [2.24, 2.45) is 5.73 Å². The van der Waals surface area contributed by atoms with E-state index in [0.29, 0.717) is 28.8 Å². The van der Waals surface area contributed by atoms with Gasteiger partial charge in [-0.1, -0.05) is 97.8 Å². The molecule has 7 rings (SSSR count). The topological polar surface area (TPSA) is 127 Å². The Labute approximate surface area is 468 Å². The highest BCUT2D eigenvalue weighted by molar-refractivity contribution is 5.77. The van der Waals surface area contributed by atoms with Crippen molar-refractivity contribution in [3.63, 3.8) is 0 Å². The minimum Gasteiger partial charge on any atom is -0.428 e. The SMILES string of the molecule is NCCC(F)(F)F.O=C(NC1CCCC1)N[C@](Cc1ccccc1)(c1ccc(F)cc1)c1cc(F)cc(OC(F)(F)C(F)F)c1.O=C(NCCC(F)(F)F)N[C@](Cc1ccccc1)(c1ccc(F)cc1)c1cc(F)cc(OC(F)(F)C(F)F)c1. The van der Waals surface area contributed by atoms with Gasteiger partial charge in [-0.15, -0.1) is 0 Å². The molecule has 6 aromatic rings. The molecule has 0 heterocycles. The number of ether oxygens (including phenoxy) is 2. The molecular formula is C57H53F18N5O4. The van der Waals surface area contributed by atoms with Crippen LogP contribution in [0, 0.1) is 23.3 Å². The van der Waals surface area contributed by atoms with Crippen LogP contribution < -0.4 is 36.5 Å². The normalized spacial score (nSPS) is 14.4. The Balaban J connectivity index is 0.000000276. The number of nitrogens with two attached hydrogens (primary N) is 1. The van der Waals surface area contributed by atoms with E-state index in [4.69, 9.17) is 0 Å². The summed E-state index contributed by atoms with van der Waals surface area (Å²) in [6.45, 7) is -1.15. The van der Waals surface area contributed by atoms with E-state index in [1.165, 1.54) is 24.3 Å². The number of urea groups is 2. The minimum absolute atomic E-state index is 0.00824. The molecule has 6 N–H and O–H groups in total. The first-order valence-electron chi connectivity index (χ1n) is 25.2. The summed E-state index contributed by atoms with van der Waals surface area (Å²) in [5, 5.41) is 10.2. The van der Waals surface area contributed by atoms with Crippen LogP contribution in [0.15, 0.2) is 146 Å². The first-order valence-corrected chi connectivity index (χ1v) is 25.2. The second-order valence-electron chi connectivity index (χ2n) is 18.9. The van der Waals surface area contributed by atoms with Crippen LogP contribution >= 0.6 is 0 Å². The first-order chi connectivity index (χ1) is 39.3. The Morgan fingerprint density at radius 3 is 1.21 bits per heavy atom. The lowest BCUT2D eigenvalue weighted by molar-refractivity contribution is -0.253. The molecule has 0 saturated heterocycles. The van der Waals surface area contributed by atoms with Gasteiger partial charge in [0.25, 0.3) is 0 Å². The fraction of sp³-hybridized carbons (Fsp3) is 0.333. The van der Waals surface area contributed by atoms with E-state index in [0.717, 1.165) is 74.2 Å². The van der Waals surface area contributed by atoms with E-state index in [9.17, 15) is 88.6 Å². The third-order valence-electron chi connectivity index (χ3n) is 12.5. The molecule has 6 aromatic carbocycles. The Morgan fingerprint density at radius 1 is 0.488 bits per heavy atom. The summed E-state index contributed by atoms with van der Waals surface area (Å²) in [6, 6.07) is 28.9. The number of alkyl halides is 14. The highest BCUT2D eigenvalue weighted by atomic mass is 19.4. The zero-order valence-electron chi connectivity index (χ0n) is 43.7. The molecule has 1 fully saturated rings. The van der Waals surface area contributed by atoms with Gasteiger partial charge < -0.3 is 36.5 Å². The van der Waals surface area contributed by atoms with Crippen LogP contribution in [0.2, 0.25) is 0 Å². The van der Waals surface area contributed by atoms with Crippen LogP contribution in [0.3, 0.4) is 0 Å². The molecule has 1 saturated carbocycles. The van der Waals surface area contributed by atoms with Gasteiger partial charge in [0.2, 0.25) is 0 Å². The number of benzene rings is 6. The van der Waals surface area contributed by atoms with Gasteiger partial charge in [-0.05, 0) is 94.8 Å². The molecule has 4 amide bonds. The molecular weight excluding hydrogens is 1160 g/mol. The number of rotatable bonds is 20. The molecule has 0 aliphatic heterocycles. The second kappa shape index (κ2) is 29.1. The van der Waals surface area contributed by atoms with Crippen molar-refractivity contribution in [2.75, 3.05) is 13.1 Å². The summed E-state index contributed by atoms with van der Waals surface area (Å²) in [7, 11) is 0. The van der Waals surface area contributed by atoms with Crippen molar-refractivity contribution < 1.29 is 98.1 Å². The van der Waals surface area contributed by atoms with Gasteiger partial charge in [0.1, 0.15) is 34.8 Å². The predicted octanol–water partition coefficient (Wildman–Crippen LogP) is 14.8. The Morgan fingerprint density at radius 2 is 0.869 bits per heavy atom. The summed E-state index contributed by atoms with van der Waals surface area (Å²) in [5.41, 5.74) is 2.19. The zero-order chi connectivity index (χ0) is 62.1. The molecule has 0 spiro atoms. The summed E-state index contributed by atoms with van der Waals surface area (Å²) in [4.78, 5) is 26.1. The van der Waals surface area contributed by atoms with E-state index in [1.807, 2.05) is 5.32 Å². The van der Waals surface area contributed by atoms with Crippen molar-refractivity contribution in [3.05, 3.63) is 202 Å². The van der Waals surface area contributed by atoms with Crippen LogP contribution in [0.4, 0.5) is 88.6 Å². The molecule has 84 heavy (non-hydrogen) atoms.